The number of rotatable bonds is 6. The van der Waals surface area contributed by atoms with Gasteiger partial charge in [-0.25, -0.2) is 0 Å². The van der Waals surface area contributed by atoms with Crippen LogP contribution in [0.2, 0.25) is 0 Å². The maximum absolute atomic E-state index is 5.33. The molecule has 0 aromatic heterocycles. The van der Waals surface area contributed by atoms with Gasteiger partial charge in [0.05, 0.1) is 6.61 Å². The standard InChI is InChI=1S/C11H17NO2/c1-10(13-2)14-9-8-12-11-6-4-3-5-7-11/h3-7,10,12H,8-9H2,1-2H3. The number of hydrogen-bond donors (Lipinski definition) is 1. The number of anilines is 1. The Hall–Kier alpha value is -1.06. The molecule has 0 saturated heterocycles. The van der Waals surface area contributed by atoms with Crippen LogP contribution < -0.4 is 5.32 Å². The minimum absolute atomic E-state index is 0.132. The van der Waals surface area contributed by atoms with Crippen LogP contribution in [-0.4, -0.2) is 26.6 Å². The number of hydrogen-bond acceptors (Lipinski definition) is 3. The summed E-state index contributed by atoms with van der Waals surface area (Å²) >= 11 is 0. The Morgan fingerprint density at radius 1 is 1.29 bits per heavy atom. The average molecular weight is 195 g/mol. The quantitative estimate of drug-likeness (QED) is 0.557. The molecule has 0 aliphatic rings. The lowest BCUT2D eigenvalue weighted by atomic mass is 10.3. The lowest BCUT2D eigenvalue weighted by molar-refractivity contribution is -0.107. The summed E-state index contributed by atoms with van der Waals surface area (Å²) in [4.78, 5) is 0. The molecular formula is C11H17NO2. The minimum atomic E-state index is -0.132. The first kappa shape index (κ1) is 11.0. The first-order chi connectivity index (χ1) is 6.83. The fourth-order valence-electron chi connectivity index (χ4n) is 1.04. The summed E-state index contributed by atoms with van der Waals surface area (Å²) in [5, 5.41) is 3.24. The molecule has 14 heavy (non-hydrogen) atoms. The highest BCUT2D eigenvalue weighted by atomic mass is 16.7. The number of methoxy groups -OCH3 is 1. The number of para-hydroxylation sites is 1. The molecule has 1 aromatic carbocycles. The van der Waals surface area contributed by atoms with Crippen molar-refractivity contribution in [1.82, 2.24) is 0 Å². The molecule has 1 N–H and O–H groups in total. The largest absolute Gasteiger partial charge is 0.383 e. The van der Waals surface area contributed by atoms with Crippen molar-refractivity contribution in [2.45, 2.75) is 13.2 Å². The van der Waals surface area contributed by atoms with Crippen molar-refractivity contribution in [1.29, 1.82) is 0 Å². The van der Waals surface area contributed by atoms with Crippen LogP contribution >= 0.6 is 0 Å². The van der Waals surface area contributed by atoms with Gasteiger partial charge >= 0.3 is 0 Å². The molecule has 0 heterocycles. The second-order valence-electron chi connectivity index (χ2n) is 2.97. The molecule has 0 aliphatic carbocycles. The molecule has 0 fully saturated rings. The average Bonchev–Trinajstić information content (AvgIpc) is 2.25. The first-order valence-corrected chi connectivity index (χ1v) is 4.76. The molecule has 1 atom stereocenters. The van der Waals surface area contributed by atoms with Gasteiger partial charge in [0.2, 0.25) is 0 Å². The molecule has 1 rings (SSSR count). The van der Waals surface area contributed by atoms with Crippen LogP contribution in [0.1, 0.15) is 6.92 Å². The molecule has 3 heteroatoms. The topological polar surface area (TPSA) is 30.5 Å². The zero-order valence-electron chi connectivity index (χ0n) is 8.69. The zero-order chi connectivity index (χ0) is 10.2. The van der Waals surface area contributed by atoms with Gasteiger partial charge in [-0.05, 0) is 19.1 Å². The second kappa shape index (κ2) is 6.40. The Kier molecular flexibility index (Phi) is 5.04. The zero-order valence-corrected chi connectivity index (χ0v) is 8.69. The van der Waals surface area contributed by atoms with Crippen LogP contribution in [0, 0.1) is 0 Å². The molecule has 78 valence electrons. The van der Waals surface area contributed by atoms with Crippen LogP contribution in [-0.2, 0) is 9.47 Å². The second-order valence-corrected chi connectivity index (χ2v) is 2.97. The van der Waals surface area contributed by atoms with Gasteiger partial charge in [-0.2, -0.15) is 0 Å². The first-order valence-electron chi connectivity index (χ1n) is 4.76. The minimum Gasteiger partial charge on any atom is -0.383 e. The Morgan fingerprint density at radius 3 is 2.64 bits per heavy atom. The van der Waals surface area contributed by atoms with E-state index in [0.717, 1.165) is 12.2 Å². The van der Waals surface area contributed by atoms with Crippen LogP contribution in [0.25, 0.3) is 0 Å². The van der Waals surface area contributed by atoms with Gasteiger partial charge in [0.1, 0.15) is 0 Å². The van der Waals surface area contributed by atoms with E-state index in [-0.39, 0.29) is 6.29 Å². The Bertz CT molecular complexity index is 238. The van der Waals surface area contributed by atoms with Gasteiger partial charge in [-0.3, -0.25) is 0 Å². The van der Waals surface area contributed by atoms with Crippen molar-refractivity contribution in [3.05, 3.63) is 30.3 Å². The highest BCUT2D eigenvalue weighted by molar-refractivity contribution is 5.42. The molecule has 0 amide bonds. The monoisotopic (exact) mass is 195 g/mol. The van der Waals surface area contributed by atoms with E-state index in [9.17, 15) is 0 Å². The van der Waals surface area contributed by atoms with Crippen LogP contribution in [0.5, 0.6) is 0 Å². The summed E-state index contributed by atoms with van der Waals surface area (Å²) in [5.41, 5.74) is 1.11. The van der Waals surface area contributed by atoms with E-state index in [1.165, 1.54) is 0 Å². The maximum atomic E-state index is 5.33. The van der Waals surface area contributed by atoms with E-state index >= 15 is 0 Å². The number of ether oxygens (including phenoxy) is 2. The molecule has 0 radical (unpaired) electrons. The van der Waals surface area contributed by atoms with Gasteiger partial charge in [0.15, 0.2) is 6.29 Å². The van der Waals surface area contributed by atoms with E-state index in [1.54, 1.807) is 7.11 Å². The Balaban J connectivity index is 2.10. The molecule has 0 bridgehead atoms. The van der Waals surface area contributed by atoms with E-state index in [2.05, 4.69) is 5.32 Å². The van der Waals surface area contributed by atoms with Crippen LogP contribution in [0.3, 0.4) is 0 Å². The third-order valence-electron chi connectivity index (χ3n) is 1.89. The summed E-state index contributed by atoms with van der Waals surface area (Å²) in [5.74, 6) is 0. The molecule has 0 aliphatic heterocycles. The predicted molar refractivity (Wildman–Crippen MR) is 57.4 cm³/mol. The van der Waals surface area contributed by atoms with E-state index in [4.69, 9.17) is 9.47 Å². The summed E-state index contributed by atoms with van der Waals surface area (Å²) in [6.45, 7) is 3.31. The Morgan fingerprint density at radius 2 is 2.00 bits per heavy atom. The molecule has 1 unspecified atom stereocenters. The van der Waals surface area contributed by atoms with E-state index < -0.39 is 0 Å². The maximum Gasteiger partial charge on any atom is 0.154 e. The van der Waals surface area contributed by atoms with E-state index in [0.29, 0.717) is 6.61 Å². The molecule has 1 aromatic rings. The van der Waals surface area contributed by atoms with Crippen molar-refractivity contribution < 1.29 is 9.47 Å². The summed E-state index contributed by atoms with van der Waals surface area (Å²) < 4.78 is 10.3. The third kappa shape index (κ3) is 4.25. The third-order valence-corrected chi connectivity index (χ3v) is 1.89. The highest BCUT2D eigenvalue weighted by Crippen LogP contribution is 2.03. The van der Waals surface area contributed by atoms with Gasteiger partial charge in [0.25, 0.3) is 0 Å². The number of benzene rings is 1. The normalized spacial score (nSPS) is 12.4. The summed E-state index contributed by atoms with van der Waals surface area (Å²) in [6, 6.07) is 10.1. The predicted octanol–water partition coefficient (Wildman–Crippen LogP) is 2.11. The van der Waals surface area contributed by atoms with Gasteiger partial charge in [-0.15, -0.1) is 0 Å². The van der Waals surface area contributed by atoms with Crippen molar-refractivity contribution in [3.8, 4) is 0 Å². The van der Waals surface area contributed by atoms with Crippen LogP contribution in [0.15, 0.2) is 30.3 Å². The van der Waals surface area contributed by atoms with Gasteiger partial charge in [0, 0.05) is 19.3 Å². The summed E-state index contributed by atoms with van der Waals surface area (Å²) in [7, 11) is 1.63. The summed E-state index contributed by atoms with van der Waals surface area (Å²) in [6.07, 6.45) is -0.132. The fourth-order valence-corrected chi connectivity index (χ4v) is 1.04. The molecule has 3 nitrogen and oxygen atoms in total. The Labute approximate surface area is 85.0 Å². The van der Waals surface area contributed by atoms with Crippen molar-refractivity contribution in [2.75, 3.05) is 25.6 Å². The van der Waals surface area contributed by atoms with Crippen LogP contribution in [0.4, 0.5) is 5.69 Å². The van der Waals surface area contributed by atoms with Gasteiger partial charge in [-0.1, -0.05) is 18.2 Å². The molecular weight excluding hydrogens is 178 g/mol. The van der Waals surface area contributed by atoms with Crippen molar-refractivity contribution in [3.63, 3.8) is 0 Å². The van der Waals surface area contributed by atoms with Crippen molar-refractivity contribution in [2.24, 2.45) is 0 Å². The van der Waals surface area contributed by atoms with Crippen molar-refractivity contribution >= 4 is 5.69 Å². The number of nitrogens with one attached hydrogen (secondary N) is 1. The SMILES string of the molecule is COC(C)OCCNc1ccccc1. The molecule has 0 saturated carbocycles. The van der Waals surface area contributed by atoms with Gasteiger partial charge < -0.3 is 14.8 Å². The fraction of sp³-hybridized carbons (Fsp3) is 0.455. The smallest absolute Gasteiger partial charge is 0.154 e. The molecule has 0 spiro atoms. The highest BCUT2D eigenvalue weighted by Gasteiger charge is 1.96. The van der Waals surface area contributed by atoms with E-state index in [1.807, 2.05) is 37.3 Å². The lowest BCUT2D eigenvalue weighted by Gasteiger charge is -2.11. The lowest BCUT2D eigenvalue weighted by Crippen LogP contribution is -2.16.